The van der Waals surface area contributed by atoms with E-state index in [1.165, 1.54) is 0 Å². The lowest BCUT2D eigenvalue weighted by atomic mass is 9.92. The molecule has 3 aromatic heterocycles. The number of halogens is 3. The second kappa shape index (κ2) is 7.57. The molecule has 1 N–H and O–H groups in total. The summed E-state index contributed by atoms with van der Waals surface area (Å²) in [5, 5.41) is 9.00. The van der Waals surface area contributed by atoms with E-state index in [4.69, 9.17) is 0 Å². The molecule has 0 spiro atoms. The van der Waals surface area contributed by atoms with Gasteiger partial charge >= 0.3 is 6.18 Å². The van der Waals surface area contributed by atoms with Gasteiger partial charge in [-0.05, 0) is 42.5 Å². The first kappa shape index (κ1) is 20.4. The Morgan fingerprint density at radius 3 is 2.78 bits per heavy atom. The zero-order valence-corrected chi connectivity index (χ0v) is 17.5. The van der Waals surface area contributed by atoms with Crippen LogP contribution in [-0.4, -0.2) is 41.5 Å². The fourth-order valence-electron chi connectivity index (χ4n) is 4.34. The van der Waals surface area contributed by atoms with Gasteiger partial charge in [-0.1, -0.05) is 19.1 Å². The first-order chi connectivity index (χ1) is 15.3. The quantitative estimate of drug-likeness (QED) is 0.512. The van der Waals surface area contributed by atoms with Crippen molar-refractivity contribution in [2.45, 2.75) is 38.9 Å². The smallest absolute Gasteiger partial charge is 0.356 e. The van der Waals surface area contributed by atoms with Crippen LogP contribution in [0.25, 0.3) is 16.6 Å². The molecule has 4 aromatic rings. The Hall–Kier alpha value is -3.50. The Labute approximate surface area is 181 Å². The summed E-state index contributed by atoms with van der Waals surface area (Å²) in [6, 6.07) is 5.83. The van der Waals surface area contributed by atoms with Crippen molar-refractivity contribution in [2.24, 2.45) is 5.92 Å². The molecule has 4 heterocycles. The van der Waals surface area contributed by atoms with Gasteiger partial charge in [0.25, 0.3) is 0 Å². The van der Waals surface area contributed by atoms with Gasteiger partial charge in [-0.2, -0.15) is 18.2 Å². The van der Waals surface area contributed by atoms with Crippen molar-refractivity contribution in [1.29, 1.82) is 0 Å². The predicted molar refractivity (Wildman–Crippen MR) is 111 cm³/mol. The average molecular weight is 442 g/mol. The number of hydrogen-bond acceptors (Lipinski definition) is 6. The van der Waals surface area contributed by atoms with Crippen LogP contribution in [0.1, 0.15) is 43.4 Å². The Morgan fingerprint density at radius 1 is 1.22 bits per heavy atom. The molecule has 8 nitrogen and oxygen atoms in total. The minimum Gasteiger partial charge on any atom is -0.356 e. The molecule has 0 saturated heterocycles. The zero-order chi connectivity index (χ0) is 22.5. The molecular weight excluding hydrogens is 421 g/mol. The highest BCUT2D eigenvalue weighted by Gasteiger charge is 2.37. The molecule has 166 valence electrons. The molecule has 0 radical (unpaired) electrons. The molecular formula is C21H21F3N8. The largest absolute Gasteiger partial charge is 0.451 e. The topological polar surface area (TPSA) is 88.4 Å². The van der Waals surface area contributed by atoms with Crippen molar-refractivity contribution in [3.63, 3.8) is 0 Å². The van der Waals surface area contributed by atoms with Gasteiger partial charge in [0.2, 0.25) is 11.8 Å². The molecule has 5 rings (SSSR count). The normalized spacial score (nSPS) is 16.7. The molecule has 0 bridgehead atoms. The zero-order valence-electron chi connectivity index (χ0n) is 17.5. The first-order valence-corrected chi connectivity index (χ1v) is 10.4. The molecule has 32 heavy (non-hydrogen) atoms. The summed E-state index contributed by atoms with van der Waals surface area (Å²) in [5.41, 5.74) is 4.02. The maximum Gasteiger partial charge on any atom is 0.451 e. The van der Waals surface area contributed by atoms with Crippen LogP contribution in [0.2, 0.25) is 0 Å². The Balaban J connectivity index is 1.59. The third-order valence-electron chi connectivity index (χ3n) is 5.69. The van der Waals surface area contributed by atoms with Gasteiger partial charge in [-0.3, -0.25) is 0 Å². The van der Waals surface area contributed by atoms with Gasteiger partial charge in [-0.15, -0.1) is 5.10 Å². The summed E-state index contributed by atoms with van der Waals surface area (Å²) >= 11 is 0. The van der Waals surface area contributed by atoms with Crippen molar-refractivity contribution < 1.29 is 13.2 Å². The van der Waals surface area contributed by atoms with E-state index in [-0.39, 0.29) is 12.0 Å². The number of H-pyrrole nitrogens is 1. The Bertz CT molecular complexity index is 1250. The van der Waals surface area contributed by atoms with Crippen molar-refractivity contribution >= 4 is 16.9 Å². The summed E-state index contributed by atoms with van der Waals surface area (Å²) in [6.45, 7) is 4.69. The number of nitrogens with one attached hydrogen (secondary N) is 1. The summed E-state index contributed by atoms with van der Waals surface area (Å²) in [6.07, 6.45) is 1.11. The summed E-state index contributed by atoms with van der Waals surface area (Å²) in [5.74, 6) is -0.814. The van der Waals surface area contributed by atoms with E-state index < -0.39 is 12.0 Å². The van der Waals surface area contributed by atoms with E-state index in [0.29, 0.717) is 18.9 Å². The van der Waals surface area contributed by atoms with Crippen LogP contribution in [0.4, 0.5) is 19.1 Å². The highest BCUT2D eigenvalue weighted by Crippen LogP contribution is 2.40. The van der Waals surface area contributed by atoms with Crippen molar-refractivity contribution in [1.82, 2.24) is 34.9 Å². The first-order valence-electron chi connectivity index (χ1n) is 10.4. The second-order valence-corrected chi connectivity index (χ2v) is 8.29. The number of anilines is 1. The molecule has 1 aromatic carbocycles. The fraction of sp³-hybridized carbons (Fsp3) is 0.381. The lowest BCUT2D eigenvalue weighted by Gasteiger charge is -2.37. The second-order valence-electron chi connectivity index (χ2n) is 8.29. The van der Waals surface area contributed by atoms with Crippen LogP contribution in [0.5, 0.6) is 0 Å². The number of nitrogens with zero attached hydrogens (tertiary/aromatic N) is 7. The van der Waals surface area contributed by atoms with E-state index in [0.717, 1.165) is 40.6 Å². The SMILES string of the molecule is CC(C)C[C@H]1c2[nH]c3ccc(-n4ccnn4)cc3c2CCN1c1ncnc(C(F)(F)F)n1. The highest BCUT2D eigenvalue weighted by atomic mass is 19.4. The number of aromatic nitrogens is 7. The van der Waals surface area contributed by atoms with E-state index >= 15 is 0 Å². The Kier molecular flexibility index (Phi) is 4.83. The van der Waals surface area contributed by atoms with Crippen LogP contribution in [0, 0.1) is 5.92 Å². The van der Waals surface area contributed by atoms with Gasteiger partial charge < -0.3 is 9.88 Å². The van der Waals surface area contributed by atoms with Gasteiger partial charge in [0.1, 0.15) is 6.33 Å². The minimum absolute atomic E-state index is 0.0468. The maximum absolute atomic E-state index is 13.2. The number of rotatable bonds is 4. The lowest BCUT2D eigenvalue weighted by molar-refractivity contribution is -0.145. The van der Waals surface area contributed by atoms with E-state index in [1.807, 2.05) is 17.0 Å². The fourth-order valence-corrected chi connectivity index (χ4v) is 4.34. The lowest BCUT2D eigenvalue weighted by Crippen LogP contribution is -2.37. The summed E-state index contributed by atoms with van der Waals surface area (Å²) in [7, 11) is 0. The molecule has 1 aliphatic rings. The molecule has 11 heteroatoms. The summed E-state index contributed by atoms with van der Waals surface area (Å²) < 4.78 is 41.3. The van der Waals surface area contributed by atoms with E-state index in [1.54, 1.807) is 17.1 Å². The summed E-state index contributed by atoms with van der Waals surface area (Å²) in [4.78, 5) is 16.5. The third-order valence-corrected chi connectivity index (χ3v) is 5.69. The standard InChI is InChI=1S/C21H21F3N8/c1-12(2)9-17-18-14(5-7-31(17)20-26-11-25-19(29-20)21(22,23)24)15-10-13(3-4-16(15)28-18)32-8-6-27-30-32/h3-4,6,8,10-12,17,28H,5,7,9H2,1-2H3/t17-/m0/s1. The average Bonchev–Trinajstić information content (AvgIpc) is 3.41. The van der Waals surface area contributed by atoms with E-state index in [2.05, 4.69) is 50.2 Å². The van der Waals surface area contributed by atoms with Gasteiger partial charge in [0, 0.05) is 23.1 Å². The molecule has 0 saturated carbocycles. The minimum atomic E-state index is -4.62. The number of hydrogen-bond donors (Lipinski definition) is 1. The van der Waals surface area contributed by atoms with E-state index in [9.17, 15) is 13.2 Å². The highest BCUT2D eigenvalue weighted by molar-refractivity contribution is 5.87. The molecule has 1 atom stereocenters. The van der Waals surface area contributed by atoms with Gasteiger partial charge in [0.05, 0.1) is 24.1 Å². The van der Waals surface area contributed by atoms with Crippen LogP contribution in [0.3, 0.4) is 0 Å². The third kappa shape index (κ3) is 3.57. The van der Waals surface area contributed by atoms with Crippen LogP contribution in [-0.2, 0) is 12.6 Å². The molecule has 0 aliphatic carbocycles. The van der Waals surface area contributed by atoms with Crippen LogP contribution < -0.4 is 4.90 Å². The molecule has 0 fully saturated rings. The monoisotopic (exact) mass is 442 g/mol. The predicted octanol–water partition coefficient (Wildman–Crippen LogP) is 4.10. The number of aromatic amines is 1. The van der Waals surface area contributed by atoms with Crippen LogP contribution >= 0.6 is 0 Å². The van der Waals surface area contributed by atoms with Crippen LogP contribution in [0.15, 0.2) is 36.9 Å². The van der Waals surface area contributed by atoms with Gasteiger partial charge in [-0.25, -0.2) is 14.6 Å². The number of alkyl halides is 3. The van der Waals surface area contributed by atoms with Gasteiger partial charge in [0.15, 0.2) is 0 Å². The molecule has 0 amide bonds. The number of fused-ring (bicyclic) bond motifs is 3. The maximum atomic E-state index is 13.2. The molecule has 0 unspecified atom stereocenters. The number of benzene rings is 1. The molecule has 1 aliphatic heterocycles. The Morgan fingerprint density at radius 2 is 2.06 bits per heavy atom. The van der Waals surface area contributed by atoms with Crippen molar-refractivity contribution in [2.75, 3.05) is 11.4 Å². The van der Waals surface area contributed by atoms with Crippen molar-refractivity contribution in [3.8, 4) is 5.69 Å². The van der Waals surface area contributed by atoms with Crippen molar-refractivity contribution in [3.05, 3.63) is 54.0 Å².